The molecular formula is C17H18F3N7O2. The monoisotopic (exact) mass is 409 g/mol. The quantitative estimate of drug-likeness (QED) is 0.720. The van der Waals surface area contributed by atoms with Crippen molar-refractivity contribution < 1.29 is 22.8 Å². The van der Waals surface area contributed by atoms with Crippen molar-refractivity contribution in [1.29, 1.82) is 0 Å². The normalized spacial score (nSPS) is 19.0. The van der Waals surface area contributed by atoms with Gasteiger partial charge in [0.25, 0.3) is 5.91 Å². The van der Waals surface area contributed by atoms with Gasteiger partial charge in [-0.3, -0.25) is 20.1 Å². The number of amides is 3. The fourth-order valence-electron chi connectivity index (χ4n) is 3.45. The molecule has 2 aliphatic rings. The molecule has 0 saturated carbocycles. The van der Waals surface area contributed by atoms with Gasteiger partial charge >= 0.3 is 12.2 Å². The van der Waals surface area contributed by atoms with Gasteiger partial charge < -0.3 is 10.2 Å². The molecule has 2 bridgehead atoms. The average Bonchev–Trinajstić information content (AvgIpc) is 3.31. The minimum Gasteiger partial charge on any atom is -0.366 e. The zero-order valence-electron chi connectivity index (χ0n) is 15.3. The number of hydrogen-bond acceptors (Lipinski definition) is 5. The maximum absolute atomic E-state index is 12.9. The standard InChI is InChI=1S/C17H18F3N7O2/c1-9(17(18,19)20)22-15(28)11-2-3-12-14(23-11)27(10-5-7-26(12)8-10)16(29)24-13-4-6-21-25-13/h2-4,6,9-10H,5,7-8H2,1H3,(H,22,28)(H2,21,24,25,29)/t9-,10?/m1/s1. The predicted molar refractivity (Wildman–Crippen MR) is 97.9 cm³/mol. The molecule has 2 aromatic rings. The van der Waals surface area contributed by atoms with E-state index in [0.717, 1.165) is 6.92 Å². The largest absolute Gasteiger partial charge is 0.408 e. The Labute approximate surface area is 163 Å². The minimum absolute atomic E-state index is 0.162. The first-order valence-corrected chi connectivity index (χ1v) is 8.97. The number of nitrogens with zero attached hydrogens (tertiary/aromatic N) is 4. The maximum Gasteiger partial charge on any atom is 0.408 e. The number of hydrogen-bond donors (Lipinski definition) is 3. The number of H-pyrrole nitrogens is 1. The van der Waals surface area contributed by atoms with Crippen LogP contribution in [-0.2, 0) is 0 Å². The second-order valence-corrected chi connectivity index (χ2v) is 6.93. The van der Waals surface area contributed by atoms with Crippen molar-refractivity contribution in [2.75, 3.05) is 28.2 Å². The second kappa shape index (κ2) is 6.94. The van der Waals surface area contributed by atoms with Crippen molar-refractivity contribution in [3.8, 4) is 0 Å². The number of rotatable bonds is 3. The molecule has 1 unspecified atom stereocenters. The van der Waals surface area contributed by atoms with Crippen LogP contribution in [0.3, 0.4) is 0 Å². The first-order valence-electron chi connectivity index (χ1n) is 8.97. The van der Waals surface area contributed by atoms with E-state index in [1.54, 1.807) is 12.1 Å². The Morgan fingerprint density at radius 2 is 2.10 bits per heavy atom. The molecule has 154 valence electrons. The molecule has 9 nitrogen and oxygen atoms in total. The van der Waals surface area contributed by atoms with Crippen LogP contribution in [0.25, 0.3) is 0 Å². The highest BCUT2D eigenvalue weighted by Crippen LogP contribution is 2.39. The Bertz CT molecular complexity index is 932. The van der Waals surface area contributed by atoms with Gasteiger partial charge in [0.1, 0.15) is 17.6 Å². The van der Waals surface area contributed by atoms with Crippen LogP contribution in [0.15, 0.2) is 24.4 Å². The van der Waals surface area contributed by atoms with E-state index in [0.29, 0.717) is 31.0 Å². The van der Waals surface area contributed by atoms with E-state index in [2.05, 4.69) is 20.5 Å². The highest BCUT2D eigenvalue weighted by Gasteiger charge is 2.41. The van der Waals surface area contributed by atoms with Crippen LogP contribution < -0.4 is 20.4 Å². The maximum atomic E-state index is 12.9. The summed E-state index contributed by atoms with van der Waals surface area (Å²) in [5.41, 5.74) is 0.459. The summed E-state index contributed by atoms with van der Waals surface area (Å²) in [5, 5.41) is 11.0. The van der Waals surface area contributed by atoms with Crippen molar-refractivity contribution in [3.63, 3.8) is 0 Å². The highest BCUT2D eigenvalue weighted by molar-refractivity contribution is 6.05. The molecule has 29 heavy (non-hydrogen) atoms. The van der Waals surface area contributed by atoms with E-state index in [4.69, 9.17) is 0 Å². The van der Waals surface area contributed by atoms with Crippen molar-refractivity contribution in [2.45, 2.75) is 31.6 Å². The van der Waals surface area contributed by atoms with Gasteiger partial charge in [0.15, 0.2) is 5.82 Å². The molecule has 1 saturated heterocycles. The summed E-state index contributed by atoms with van der Waals surface area (Å²) in [4.78, 5) is 32.9. The molecule has 2 aliphatic heterocycles. The summed E-state index contributed by atoms with van der Waals surface area (Å²) < 4.78 is 38.2. The third-order valence-corrected chi connectivity index (χ3v) is 4.98. The van der Waals surface area contributed by atoms with Crippen LogP contribution in [0.5, 0.6) is 0 Å². The van der Waals surface area contributed by atoms with E-state index in [1.807, 2.05) is 10.2 Å². The summed E-state index contributed by atoms with van der Waals surface area (Å²) in [6.45, 7) is 2.18. The molecule has 0 aromatic carbocycles. The molecular weight excluding hydrogens is 391 g/mol. The molecule has 0 spiro atoms. The third kappa shape index (κ3) is 3.57. The number of fused-ring (bicyclic) bond motifs is 4. The van der Waals surface area contributed by atoms with Gasteiger partial charge in [0, 0.05) is 19.2 Å². The van der Waals surface area contributed by atoms with Gasteiger partial charge in [-0.2, -0.15) is 18.3 Å². The van der Waals surface area contributed by atoms with E-state index >= 15 is 0 Å². The minimum atomic E-state index is -4.56. The van der Waals surface area contributed by atoms with Crippen LogP contribution in [0, 0.1) is 0 Å². The molecule has 12 heteroatoms. The summed E-state index contributed by atoms with van der Waals surface area (Å²) in [6, 6.07) is 1.90. The van der Waals surface area contributed by atoms with Gasteiger partial charge in [0.05, 0.1) is 17.9 Å². The van der Waals surface area contributed by atoms with Crippen LogP contribution in [0.2, 0.25) is 0 Å². The Balaban J connectivity index is 1.63. The number of aromatic amines is 1. The zero-order chi connectivity index (χ0) is 20.8. The molecule has 4 rings (SSSR count). The van der Waals surface area contributed by atoms with Crippen molar-refractivity contribution in [3.05, 3.63) is 30.1 Å². The lowest BCUT2D eigenvalue weighted by molar-refractivity contribution is -0.149. The first kappa shape index (κ1) is 19.0. The Kier molecular flexibility index (Phi) is 4.55. The first-order chi connectivity index (χ1) is 13.7. The van der Waals surface area contributed by atoms with E-state index in [-0.39, 0.29) is 17.6 Å². The van der Waals surface area contributed by atoms with Crippen LogP contribution in [0.4, 0.5) is 35.3 Å². The molecule has 4 heterocycles. The van der Waals surface area contributed by atoms with Gasteiger partial charge in [0.2, 0.25) is 0 Å². The number of carbonyl (C=O) groups is 2. The Morgan fingerprint density at radius 3 is 2.79 bits per heavy atom. The molecule has 0 radical (unpaired) electrons. The summed E-state index contributed by atoms with van der Waals surface area (Å²) in [5.74, 6) is -0.326. The molecule has 2 aromatic heterocycles. The Morgan fingerprint density at radius 1 is 1.31 bits per heavy atom. The molecule has 3 N–H and O–H groups in total. The Hall–Kier alpha value is -3.31. The molecule has 1 fully saturated rings. The van der Waals surface area contributed by atoms with Crippen LogP contribution >= 0.6 is 0 Å². The number of alkyl halides is 3. The summed E-state index contributed by atoms with van der Waals surface area (Å²) in [7, 11) is 0. The second-order valence-electron chi connectivity index (χ2n) is 6.93. The fourth-order valence-corrected chi connectivity index (χ4v) is 3.45. The zero-order valence-corrected chi connectivity index (χ0v) is 15.3. The van der Waals surface area contributed by atoms with E-state index in [1.165, 1.54) is 17.2 Å². The lowest BCUT2D eigenvalue weighted by Crippen LogP contribution is -2.49. The number of aromatic nitrogens is 3. The van der Waals surface area contributed by atoms with E-state index < -0.39 is 24.2 Å². The number of halogens is 3. The number of pyridine rings is 1. The van der Waals surface area contributed by atoms with E-state index in [9.17, 15) is 22.8 Å². The number of anilines is 3. The third-order valence-electron chi connectivity index (χ3n) is 4.98. The lowest BCUT2D eigenvalue weighted by Gasteiger charge is -2.35. The van der Waals surface area contributed by atoms with Crippen molar-refractivity contribution in [1.82, 2.24) is 20.5 Å². The average molecular weight is 409 g/mol. The lowest BCUT2D eigenvalue weighted by atomic mass is 10.1. The summed E-state index contributed by atoms with van der Waals surface area (Å²) >= 11 is 0. The molecule has 3 amide bonds. The van der Waals surface area contributed by atoms with Crippen molar-refractivity contribution >= 4 is 29.3 Å². The number of nitrogens with one attached hydrogen (secondary N) is 3. The predicted octanol–water partition coefficient (Wildman–Crippen LogP) is 2.12. The van der Waals surface area contributed by atoms with Gasteiger partial charge in [-0.1, -0.05) is 0 Å². The van der Waals surface area contributed by atoms with Crippen LogP contribution in [-0.4, -0.2) is 58.5 Å². The fraction of sp³-hybridized carbons (Fsp3) is 0.412. The van der Waals surface area contributed by atoms with Gasteiger partial charge in [-0.05, 0) is 25.5 Å². The molecule has 0 aliphatic carbocycles. The number of carbonyl (C=O) groups excluding carboxylic acids is 2. The number of urea groups is 1. The van der Waals surface area contributed by atoms with Crippen LogP contribution in [0.1, 0.15) is 23.8 Å². The van der Waals surface area contributed by atoms with Gasteiger partial charge in [-0.25, -0.2) is 9.78 Å². The highest BCUT2D eigenvalue weighted by atomic mass is 19.4. The SMILES string of the molecule is C[C@@H](NC(=O)c1ccc2c(n1)N(C(=O)Nc1ccn[nH]1)C1CCN2C1)C(F)(F)F. The summed E-state index contributed by atoms with van der Waals surface area (Å²) in [6.07, 6.45) is -2.37. The molecule has 2 atom stereocenters. The van der Waals surface area contributed by atoms with Crippen molar-refractivity contribution in [2.24, 2.45) is 0 Å². The smallest absolute Gasteiger partial charge is 0.366 e. The topological polar surface area (TPSA) is 106 Å². The van der Waals surface area contributed by atoms with Gasteiger partial charge in [-0.15, -0.1) is 0 Å².